The van der Waals surface area contributed by atoms with E-state index in [0.29, 0.717) is 11.5 Å². The third kappa shape index (κ3) is 4.13. The van der Waals surface area contributed by atoms with Gasteiger partial charge >= 0.3 is 6.03 Å². The Balaban J connectivity index is 1.75. The Kier molecular flexibility index (Phi) is 4.33. The van der Waals surface area contributed by atoms with Gasteiger partial charge in [0, 0.05) is 0 Å². The normalized spacial score (nSPS) is 11.3. The van der Waals surface area contributed by atoms with E-state index in [1.54, 1.807) is 24.3 Å². The van der Waals surface area contributed by atoms with Crippen LogP contribution in [0.1, 0.15) is 23.0 Å². The number of amides is 2. The van der Waals surface area contributed by atoms with Crippen molar-refractivity contribution in [3.63, 3.8) is 0 Å². The molecule has 0 unspecified atom stereocenters. The lowest BCUT2D eigenvalue weighted by Gasteiger charge is -1.96. The summed E-state index contributed by atoms with van der Waals surface area (Å²) in [6.45, 7) is 3.64. The van der Waals surface area contributed by atoms with E-state index in [2.05, 4.69) is 21.1 Å². The summed E-state index contributed by atoms with van der Waals surface area (Å²) in [5.74, 6) is 2.65. The molecule has 104 valence electrons. The summed E-state index contributed by atoms with van der Waals surface area (Å²) in [5, 5.41) is 7.41. The van der Waals surface area contributed by atoms with Gasteiger partial charge in [0.1, 0.15) is 23.0 Å². The van der Waals surface area contributed by atoms with Gasteiger partial charge in [-0.15, -0.1) is 0 Å². The first-order valence-electron chi connectivity index (χ1n) is 5.88. The van der Waals surface area contributed by atoms with Crippen molar-refractivity contribution in [1.29, 1.82) is 0 Å². The number of hydrazone groups is 2. The van der Waals surface area contributed by atoms with E-state index in [-0.39, 0.29) is 0 Å². The highest BCUT2D eigenvalue weighted by Crippen LogP contribution is 2.03. The van der Waals surface area contributed by atoms with Crippen molar-refractivity contribution in [3.05, 3.63) is 47.3 Å². The van der Waals surface area contributed by atoms with Crippen LogP contribution >= 0.6 is 0 Å². The SMILES string of the molecule is Cc1ccc(/C=N/NC(=O)N/N=C/c2ccc(C)o2)o1. The number of carbonyl (C=O) groups is 1. The first kappa shape index (κ1) is 13.6. The summed E-state index contributed by atoms with van der Waals surface area (Å²) in [6.07, 6.45) is 2.79. The zero-order chi connectivity index (χ0) is 14.4. The van der Waals surface area contributed by atoms with E-state index in [9.17, 15) is 4.79 Å². The second-order valence-electron chi connectivity index (χ2n) is 3.97. The summed E-state index contributed by atoms with van der Waals surface area (Å²) in [7, 11) is 0. The molecule has 0 fully saturated rings. The van der Waals surface area contributed by atoms with Crippen molar-refractivity contribution >= 4 is 18.5 Å². The fourth-order valence-electron chi connectivity index (χ4n) is 1.38. The standard InChI is InChI=1S/C13H14N4O3/c1-9-3-5-11(19-9)7-14-16-13(18)17-15-8-12-6-4-10(2)20-12/h3-8H,1-2H3,(H2,16,17,18)/b14-7+,15-8+. The van der Waals surface area contributed by atoms with Crippen LogP contribution in [-0.2, 0) is 0 Å². The predicted octanol–water partition coefficient (Wildman–Crippen LogP) is 2.16. The maximum absolute atomic E-state index is 11.3. The fourth-order valence-corrected chi connectivity index (χ4v) is 1.38. The smallest absolute Gasteiger partial charge is 0.355 e. The van der Waals surface area contributed by atoms with Crippen LogP contribution in [0.2, 0.25) is 0 Å². The molecule has 7 nitrogen and oxygen atoms in total. The van der Waals surface area contributed by atoms with Crippen LogP contribution in [-0.4, -0.2) is 18.5 Å². The molecule has 0 aromatic carbocycles. The second-order valence-corrected chi connectivity index (χ2v) is 3.97. The van der Waals surface area contributed by atoms with Crippen LogP contribution in [0, 0.1) is 13.8 Å². The number of urea groups is 1. The van der Waals surface area contributed by atoms with Gasteiger partial charge in [0.05, 0.1) is 12.4 Å². The maximum atomic E-state index is 11.3. The van der Waals surface area contributed by atoms with Crippen LogP contribution in [0.15, 0.2) is 43.3 Å². The van der Waals surface area contributed by atoms with Crippen molar-refractivity contribution in [2.24, 2.45) is 10.2 Å². The average molecular weight is 274 g/mol. The Morgan fingerprint density at radius 1 is 0.950 bits per heavy atom. The first-order chi connectivity index (χ1) is 9.63. The molecule has 0 aliphatic rings. The number of hydrogen-bond donors (Lipinski definition) is 2. The molecule has 20 heavy (non-hydrogen) atoms. The van der Waals surface area contributed by atoms with Gasteiger partial charge in [-0.25, -0.2) is 15.6 Å². The number of hydrogen-bond acceptors (Lipinski definition) is 5. The molecule has 0 saturated carbocycles. The highest BCUT2D eigenvalue weighted by Gasteiger charge is 1.97. The monoisotopic (exact) mass is 274 g/mol. The van der Waals surface area contributed by atoms with E-state index in [1.807, 2.05) is 13.8 Å². The van der Waals surface area contributed by atoms with E-state index < -0.39 is 6.03 Å². The third-order valence-electron chi connectivity index (χ3n) is 2.24. The van der Waals surface area contributed by atoms with Gasteiger partial charge in [0.2, 0.25) is 0 Å². The van der Waals surface area contributed by atoms with Crippen molar-refractivity contribution in [3.8, 4) is 0 Å². The molecular weight excluding hydrogens is 260 g/mol. The largest absolute Gasteiger partial charge is 0.460 e. The van der Waals surface area contributed by atoms with Crippen molar-refractivity contribution in [2.75, 3.05) is 0 Å². The summed E-state index contributed by atoms with van der Waals surface area (Å²) in [4.78, 5) is 11.3. The van der Waals surface area contributed by atoms with Gasteiger partial charge in [-0.2, -0.15) is 10.2 Å². The van der Waals surface area contributed by atoms with Gasteiger partial charge in [-0.05, 0) is 38.1 Å². The molecule has 0 saturated heterocycles. The van der Waals surface area contributed by atoms with E-state index in [0.717, 1.165) is 11.5 Å². The Hall–Kier alpha value is -2.83. The maximum Gasteiger partial charge on any atom is 0.355 e. The van der Waals surface area contributed by atoms with Gasteiger partial charge in [0.15, 0.2) is 0 Å². The molecule has 2 rings (SSSR count). The van der Waals surface area contributed by atoms with Crippen molar-refractivity contribution in [2.45, 2.75) is 13.8 Å². The second kappa shape index (κ2) is 6.37. The first-order valence-corrected chi connectivity index (χ1v) is 5.88. The predicted molar refractivity (Wildman–Crippen MR) is 73.7 cm³/mol. The van der Waals surface area contributed by atoms with Gasteiger partial charge in [-0.1, -0.05) is 0 Å². The molecule has 7 heteroatoms. The van der Waals surface area contributed by atoms with E-state index >= 15 is 0 Å². The zero-order valence-corrected chi connectivity index (χ0v) is 11.1. The van der Waals surface area contributed by atoms with Crippen LogP contribution in [0.25, 0.3) is 0 Å². The molecule has 2 N–H and O–H groups in total. The quantitative estimate of drug-likeness (QED) is 0.661. The number of nitrogens with one attached hydrogen (secondary N) is 2. The van der Waals surface area contributed by atoms with Crippen LogP contribution in [0.3, 0.4) is 0 Å². The molecule has 0 spiro atoms. The number of nitrogens with zero attached hydrogens (tertiary/aromatic N) is 2. The van der Waals surface area contributed by atoms with Gasteiger partial charge in [-0.3, -0.25) is 0 Å². The average Bonchev–Trinajstić information content (AvgIpc) is 2.99. The molecule has 0 atom stereocenters. The summed E-state index contributed by atoms with van der Waals surface area (Å²) >= 11 is 0. The summed E-state index contributed by atoms with van der Waals surface area (Å²) in [6, 6.07) is 6.53. The van der Waals surface area contributed by atoms with Gasteiger partial charge in [0.25, 0.3) is 0 Å². The summed E-state index contributed by atoms with van der Waals surface area (Å²) < 4.78 is 10.5. The van der Waals surface area contributed by atoms with E-state index in [4.69, 9.17) is 8.83 Å². The highest BCUT2D eigenvalue weighted by molar-refractivity contribution is 5.81. The Morgan fingerprint density at radius 2 is 1.40 bits per heavy atom. The molecule has 2 heterocycles. The van der Waals surface area contributed by atoms with E-state index in [1.165, 1.54) is 12.4 Å². The number of carbonyl (C=O) groups excluding carboxylic acids is 1. The van der Waals surface area contributed by atoms with Crippen LogP contribution < -0.4 is 10.9 Å². The van der Waals surface area contributed by atoms with Crippen LogP contribution in [0.5, 0.6) is 0 Å². The molecule has 2 aromatic heterocycles. The molecule has 2 amide bonds. The lowest BCUT2D eigenvalue weighted by Crippen LogP contribution is -2.28. The minimum Gasteiger partial charge on any atom is -0.460 e. The zero-order valence-electron chi connectivity index (χ0n) is 11.1. The lowest BCUT2D eigenvalue weighted by atomic mass is 10.4. The summed E-state index contributed by atoms with van der Waals surface area (Å²) in [5.41, 5.74) is 4.49. The minimum absolute atomic E-state index is 0.553. The molecular formula is C13H14N4O3. The highest BCUT2D eigenvalue weighted by atomic mass is 16.3. The molecule has 0 aliphatic heterocycles. The molecule has 0 bridgehead atoms. The van der Waals surface area contributed by atoms with Crippen molar-refractivity contribution < 1.29 is 13.6 Å². The fraction of sp³-hybridized carbons (Fsp3) is 0.154. The lowest BCUT2D eigenvalue weighted by molar-refractivity contribution is 0.242. The minimum atomic E-state index is -0.566. The van der Waals surface area contributed by atoms with Gasteiger partial charge < -0.3 is 8.83 Å². The number of aryl methyl sites for hydroxylation is 2. The Bertz CT molecular complexity index is 585. The topological polar surface area (TPSA) is 92.1 Å². The number of rotatable bonds is 4. The Labute approximate surface area is 115 Å². The Morgan fingerprint density at radius 3 is 1.75 bits per heavy atom. The van der Waals surface area contributed by atoms with Crippen LogP contribution in [0.4, 0.5) is 4.79 Å². The van der Waals surface area contributed by atoms with Crippen molar-refractivity contribution in [1.82, 2.24) is 10.9 Å². The molecule has 2 aromatic rings. The molecule has 0 radical (unpaired) electrons. The number of furan rings is 2. The molecule has 0 aliphatic carbocycles. The third-order valence-corrected chi connectivity index (χ3v) is 2.24.